The van der Waals surface area contributed by atoms with E-state index in [0.717, 1.165) is 12.8 Å². The van der Waals surface area contributed by atoms with Crippen LogP contribution in [0.1, 0.15) is 19.3 Å². The van der Waals surface area contributed by atoms with E-state index >= 15 is 0 Å². The van der Waals surface area contributed by atoms with Crippen LogP contribution in [0.5, 0.6) is 0 Å². The summed E-state index contributed by atoms with van der Waals surface area (Å²) in [5.41, 5.74) is -0.0351. The van der Waals surface area contributed by atoms with Crippen molar-refractivity contribution in [2.24, 2.45) is 5.41 Å². The van der Waals surface area contributed by atoms with Crippen molar-refractivity contribution < 1.29 is 18.0 Å². The number of carbonyl (C=O) groups excluding carboxylic acids is 2. The van der Waals surface area contributed by atoms with Gasteiger partial charge in [0.2, 0.25) is 11.8 Å². The van der Waals surface area contributed by atoms with Gasteiger partial charge in [0, 0.05) is 24.9 Å². The first kappa shape index (κ1) is 17.7. The highest BCUT2D eigenvalue weighted by atomic mass is 32.2. The quantitative estimate of drug-likeness (QED) is 0.770. The molecule has 1 N–H and O–H groups in total. The summed E-state index contributed by atoms with van der Waals surface area (Å²) < 4.78 is 24.6. The summed E-state index contributed by atoms with van der Waals surface area (Å²) in [6.45, 7) is 4.47. The van der Waals surface area contributed by atoms with E-state index in [0.29, 0.717) is 13.1 Å². The Morgan fingerprint density at radius 1 is 1.28 bits per heavy atom. The number of hydrogen-bond donors (Lipinski definition) is 1. The van der Waals surface area contributed by atoms with Crippen molar-refractivity contribution >= 4 is 21.7 Å². The molecule has 7 heteroatoms. The van der Waals surface area contributed by atoms with Crippen LogP contribution >= 0.6 is 0 Å². The molecule has 1 aromatic rings. The lowest BCUT2D eigenvalue weighted by atomic mass is 10.0. The number of amides is 2. The number of benzene rings is 1. The molecule has 0 aromatic heterocycles. The van der Waals surface area contributed by atoms with Crippen LogP contribution in [-0.4, -0.2) is 50.0 Å². The smallest absolute Gasteiger partial charge is 0.243 e. The largest absolute Gasteiger partial charge is 0.347 e. The van der Waals surface area contributed by atoms with E-state index in [1.54, 1.807) is 23.1 Å². The molecule has 0 radical (unpaired) electrons. The van der Waals surface area contributed by atoms with Gasteiger partial charge in [-0.05, 0) is 31.1 Å². The van der Waals surface area contributed by atoms with Crippen LogP contribution < -0.4 is 5.32 Å². The Hall–Kier alpha value is -2.15. The third-order valence-electron chi connectivity index (χ3n) is 5.08. The van der Waals surface area contributed by atoms with Gasteiger partial charge in [0.15, 0.2) is 9.84 Å². The minimum Gasteiger partial charge on any atom is -0.347 e. The number of rotatable bonds is 6. The van der Waals surface area contributed by atoms with Gasteiger partial charge in [-0.2, -0.15) is 0 Å². The Bertz CT molecular complexity index is 785. The summed E-state index contributed by atoms with van der Waals surface area (Å²) in [6, 6.07) is 8.08. The van der Waals surface area contributed by atoms with E-state index in [9.17, 15) is 18.0 Å². The van der Waals surface area contributed by atoms with Gasteiger partial charge >= 0.3 is 0 Å². The molecule has 1 aliphatic heterocycles. The standard InChI is InChI=1S/C18H22N2O4S/c1-2-16(21)19-15-12-20(13-18(15)9-10-18)17(22)8-11-25(23,24)14-6-4-3-5-7-14/h2-7,15H,1,8-13H2,(H,19,21). The van der Waals surface area contributed by atoms with Crippen molar-refractivity contribution in [2.45, 2.75) is 30.2 Å². The van der Waals surface area contributed by atoms with E-state index < -0.39 is 9.84 Å². The minimum atomic E-state index is -3.47. The second kappa shape index (κ2) is 6.63. The topological polar surface area (TPSA) is 83.6 Å². The lowest BCUT2D eigenvalue weighted by Crippen LogP contribution is -2.41. The number of sulfone groups is 1. The van der Waals surface area contributed by atoms with Crippen LogP contribution in [0.4, 0.5) is 0 Å². The number of carbonyl (C=O) groups is 2. The van der Waals surface area contributed by atoms with Gasteiger partial charge in [0.1, 0.15) is 0 Å². The zero-order valence-corrected chi connectivity index (χ0v) is 14.8. The van der Waals surface area contributed by atoms with E-state index in [1.807, 2.05) is 0 Å². The van der Waals surface area contributed by atoms with E-state index in [4.69, 9.17) is 0 Å². The van der Waals surface area contributed by atoms with Crippen molar-refractivity contribution in [2.75, 3.05) is 18.8 Å². The van der Waals surface area contributed by atoms with Gasteiger partial charge in [-0.1, -0.05) is 24.8 Å². The molecule has 2 aliphatic rings. The zero-order chi connectivity index (χ0) is 18.1. The highest BCUT2D eigenvalue weighted by Crippen LogP contribution is 2.52. The van der Waals surface area contributed by atoms with Crippen LogP contribution in [-0.2, 0) is 19.4 Å². The molecule has 1 aliphatic carbocycles. The Labute approximate surface area is 147 Å². The van der Waals surface area contributed by atoms with Gasteiger partial charge in [-0.15, -0.1) is 0 Å². The normalized spacial score (nSPS) is 21.1. The maximum Gasteiger partial charge on any atom is 0.243 e. The summed E-state index contributed by atoms with van der Waals surface area (Å²) in [6.07, 6.45) is 3.13. The summed E-state index contributed by atoms with van der Waals surface area (Å²) >= 11 is 0. The molecule has 6 nitrogen and oxygen atoms in total. The average Bonchev–Trinajstić information content (AvgIpc) is 3.30. The molecular weight excluding hydrogens is 340 g/mol. The third kappa shape index (κ3) is 3.76. The van der Waals surface area contributed by atoms with Crippen molar-refractivity contribution in [3.05, 3.63) is 43.0 Å². The highest BCUT2D eigenvalue weighted by molar-refractivity contribution is 7.91. The maximum atomic E-state index is 12.5. The van der Waals surface area contributed by atoms with E-state index in [-0.39, 0.29) is 40.3 Å². The number of nitrogens with one attached hydrogen (secondary N) is 1. The maximum absolute atomic E-state index is 12.5. The Morgan fingerprint density at radius 3 is 2.56 bits per heavy atom. The van der Waals surface area contributed by atoms with E-state index in [1.165, 1.54) is 18.2 Å². The number of likely N-dealkylation sites (tertiary alicyclic amines) is 1. The van der Waals surface area contributed by atoms with Crippen molar-refractivity contribution in [3.8, 4) is 0 Å². The van der Waals surface area contributed by atoms with Crippen LogP contribution in [0.15, 0.2) is 47.9 Å². The summed E-state index contributed by atoms with van der Waals surface area (Å²) in [4.78, 5) is 25.9. The first-order chi connectivity index (χ1) is 11.9. The lowest BCUT2D eigenvalue weighted by Gasteiger charge is -2.17. The average molecular weight is 362 g/mol. The van der Waals surface area contributed by atoms with Gasteiger partial charge in [-0.3, -0.25) is 9.59 Å². The minimum absolute atomic E-state index is 0.0351. The molecule has 1 aromatic carbocycles. The molecule has 1 saturated heterocycles. The van der Waals surface area contributed by atoms with Gasteiger partial charge in [0.25, 0.3) is 0 Å². The fourth-order valence-corrected chi connectivity index (χ4v) is 4.63. The first-order valence-corrected chi connectivity index (χ1v) is 10.0. The molecule has 3 rings (SSSR count). The second-order valence-electron chi connectivity index (χ2n) is 6.78. The summed E-state index contributed by atoms with van der Waals surface area (Å²) in [5.74, 6) is -0.624. The predicted octanol–water partition coefficient (Wildman–Crippen LogP) is 1.14. The number of hydrogen-bond acceptors (Lipinski definition) is 4. The molecule has 1 saturated carbocycles. The first-order valence-electron chi connectivity index (χ1n) is 8.35. The van der Waals surface area contributed by atoms with Crippen molar-refractivity contribution in [1.82, 2.24) is 10.2 Å². The van der Waals surface area contributed by atoms with Gasteiger partial charge < -0.3 is 10.2 Å². The molecule has 1 heterocycles. The summed E-state index contributed by atoms with van der Waals surface area (Å²) in [5, 5.41) is 2.90. The monoisotopic (exact) mass is 362 g/mol. The molecule has 1 unspecified atom stereocenters. The molecule has 1 atom stereocenters. The van der Waals surface area contributed by atoms with Crippen LogP contribution in [0, 0.1) is 5.41 Å². The molecule has 2 amide bonds. The van der Waals surface area contributed by atoms with E-state index in [2.05, 4.69) is 11.9 Å². The predicted molar refractivity (Wildman–Crippen MR) is 93.5 cm³/mol. The second-order valence-corrected chi connectivity index (χ2v) is 8.89. The zero-order valence-electron chi connectivity index (χ0n) is 14.0. The highest BCUT2D eigenvalue weighted by Gasteiger charge is 2.56. The SMILES string of the molecule is C=CC(=O)NC1CN(C(=O)CCS(=O)(=O)c2ccccc2)CC12CC2. The molecule has 1 spiro atoms. The Morgan fingerprint density at radius 2 is 1.96 bits per heavy atom. The number of nitrogens with zero attached hydrogens (tertiary/aromatic N) is 1. The molecule has 25 heavy (non-hydrogen) atoms. The van der Waals surface area contributed by atoms with Gasteiger partial charge in [0.05, 0.1) is 16.7 Å². The third-order valence-corrected chi connectivity index (χ3v) is 6.81. The van der Waals surface area contributed by atoms with Crippen LogP contribution in [0.2, 0.25) is 0 Å². The fourth-order valence-electron chi connectivity index (χ4n) is 3.38. The molecule has 134 valence electrons. The van der Waals surface area contributed by atoms with Gasteiger partial charge in [-0.25, -0.2) is 8.42 Å². The lowest BCUT2D eigenvalue weighted by molar-refractivity contribution is -0.130. The van der Waals surface area contributed by atoms with Crippen molar-refractivity contribution in [3.63, 3.8) is 0 Å². The van der Waals surface area contributed by atoms with Crippen LogP contribution in [0.3, 0.4) is 0 Å². The molecule has 2 fully saturated rings. The molecule has 0 bridgehead atoms. The molecular formula is C18H22N2O4S. The Balaban J connectivity index is 1.59. The fraction of sp³-hybridized carbons (Fsp3) is 0.444. The van der Waals surface area contributed by atoms with Crippen molar-refractivity contribution in [1.29, 1.82) is 0 Å². The summed E-state index contributed by atoms with van der Waals surface area (Å²) in [7, 11) is -3.47. The van der Waals surface area contributed by atoms with Crippen LogP contribution in [0.25, 0.3) is 0 Å². The Kier molecular flexibility index (Phi) is 4.69.